The van der Waals surface area contributed by atoms with Crippen molar-refractivity contribution < 1.29 is 27.9 Å². The number of esters is 1. The van der Waals surface area contributed by atoms with E-state index in [9.17, 15) is 23.2 Å². The Balaban J connectivity index is 1.81. The molecule has 1 atom stereocenters. The molecule has 0 aliphatic rings. The molecule has 7 heteroatoms. The van der Waals surface area contributed by atoms with Crippen molar-refractivity contribution >= 4 is 17.7 Å². The van der Waals surface area contributed by atoms with E-state index < -0.39 is 36.0 Å². The molecule has 148 valence electrons. The summed E-state index contributed by atoms with van der Waals surface area (Å²) >= 11 is 0. The van der Waals surface area contributed by atoms with Crippen molar-refractivity contribution in [1.82, 2.24) is 4.90 Å². The van der Waals surface area contributed by atoms with Gasteiger partial charge in [-0.1, -0.05) is 31.2 Å². The molecule has 0 bridgehead atoms. The fraction of sp³-hybridized carbons (Fsp3) is 0.286. The highest BCUT2D eigenvalue weighted by Crippen LogP contribution is 2.14. The topological polar surface area (TPSA) is 63.7 Å². The zero-order valence-electron chi connectivity index (χ0n) is 15.7. The predicted octanol–water partition coefficient (Wildman–Crippen LogP) is 3.38. The van der Waals surface area contributed by atoms with E-state index in [1.807, 2.05) is 0 Å². The number of carbonyl (C=O) groups excluding carboxylic acids is 3. The van der Waals surface area contributed by atoms with Gasteiger partial charge in [0.25, 0.3) is 5.91 Å². The highest BCUT2D eigenvalue weighted by atomic mass is 19.1. The maximum atomic E-state index is 13.6. The Morgan fingerprint density at radius 2 is 1.68 bits per heavy atom. The number of rotatable bonds is 8. The molecule has 5 nitrogen and oxygen atoms in total. The smallest absolute Gasteiger partial charge is 0.309 e. The first kappa shape index (κ1) is 21.2. The summed E-state index contributed by atoms with van der Waals surface area (Å²) in [6.07, 6.45) is -0.223. The number of halogens is 2. The van der Waals surface area contributed by atoms with Crippen molar-refractivity contribution in [1.29, 1.82) is 0 Å². The Labute approximate surface area is 161 Å². The monoisotopic (exact) mass is 389 g/mol. The molecule has 0 unspecified atom stereocenters. The van der Waals surface area contributed by atoms with E-state index in [4.69, 9.17) is 4.74 Å². The molecule has 2 rings (SSSR count). The first-order valence-corrected chi connectivity index (χ1v) is 8.70. The lowest BCUT2D eigenvalue weighted by Gasteiger charge is -2.18. The minimum absolute atomic E-state index is 0.0859. The van der Waals surface area contributed by atoms with Gasteiger partial charge in [0.05, 0.1) is 11.5 Å². The second-order valence-corrected chi connectivity index (χ2v) is 6.49. The quantitative estimate of drug-likeness (QED) is 0.513. The number of likely N-dealkylation sites (N-methyl/N-ethyl adjacent to an activating group) is 1. The average molecular weight is 389 g/mol. The van der Waals surface area contributed by atoms with E-state index in [0.29, 0.717) is 0 Å². The lowest BCUT2D eigenvalue weighted by atomic mass is 9.99. The summed E-state index contributed by atoms with van der Waals surface area (Å²) in [5.74, 6) is -3.50. The predicted molar refractivity (Wildman–Crippen MR) is 98.3 cm³/mol. The molecule has 0 spiro atoms. The van der Waals surface area contributed by atoms with Crippen LogP contribution in [0.3, 0.4) is 0 Å². The standard InChI is InChI=1S/C21H21F2NO4/c1-14(11-19(25)17-5-3-4-6-18(17)23)21(27)28-13-20(26)24(2)12-15-7-9-16(22)10-8-15/h3-10,14H,11-13H2,1-2H3/t14-/m0/s1. The van der Waals surface area contributed by atoms with Gasteiger partial charge < -0.3 is 9.64 Å². The number of ketones is 1. The van der Waals surface area contributed by atoms with Crippen LogP contribution in [0.2, 0.25) is 0 Å². The van der Waals surface area contributed by atoms with Crippen molar-refractivity contribution in [3.63, 3.8) is 0 Å². The summed E-state index contributed by atoms with van der Waals surface area (Å²) in [5, 5.41) is 0. The van der Waals surface area contributed by atoms with Gasteiger partial charge in [-0.15, -0.1) is 0 Å². The van der Waals surface area contributed by atoms with Crippen molar-refractivity contribution in [2.45, 2.75) is 19.9 Å². The van der Waals surface area contributed by atoms with Gasteiger partial charge in [0, 0.05) is 20.0 Å². The average Bonchev–Trinajstić information content (AvgIpc) is 2.67. The van der Waals surface area contributed by atoms with E-state index in [1.165, 1.54) is 55.3 Å². The Morgan fingerprint density at radius 1 is 1.04 bits per heavy atom. The number of Topliss-reactive ketones (excluding diaryl/α,β-unsaturated/α-hetero) is 1. The normalized spacial score (nSPS) is 11.6. The Hall–Kier alpha value is -3.09. The third kappa shape index (κ3) is 5.97. The number of hydrogen-bond donors (Lipinski definition) is 0. The molecule has 0 saturated carbocycles. The van der Waals surface area contributed by atoms with Gasteiger partial charge in [0.2, 0.25) is 0 Å². The lowest BCUT2D eigenvalue weighted by molar-refractivity contribution is -0.154. The molecule has 1 amide bonds. The van der Waals surface area contributed by atoms with Crippen LogP contribution in [0.5, 0.6) is 0 Å². The molecule has 0 aromatic heterocycles. The molecule has 2 aromatic carbocycles. The molecule has 0 heterocycles. The van der Waals surface area contributed by atoms with Gasteiger partial charge in [0.15, 0.2) is 12.4 Å². The summed E-state index contributed by atoms with van der Waals surface area (Å²) in [6.45, 7) is 1.24. The Bertz CT molecular complexity index is 852. The molecular formula is C21H21F2NO4. The first-order valence-electron chi connectivity index (χ1n) is 8.70. The van der Waals surface area contributed by atoms with E-state index in [0.717, 1.165) is 5.56 Å². The van der Waals surface area contributed by atoms with Crippen molar-refractivity contribution in [2.75, 3.05) is 13.7 Å². The van der Waals surface area contributed by atoms with E-state index >= 15 is 0 Å². The van der Waals surface area contributed by atoms with Crippen LogP contribution in [-0.2, 0) is 20.9 Å². The third-order valence-electron chi connectivity index (χ3n) is 4.16. The summed E-state index contributed by atoms with van der Waals surface area (Å²) in [7, 11) is 1.53. The van der Waals surface area contributed by atoms with Crippen LogP contribution in [0.4, 0.5) is 8.78 Å². The number of carbonyl (C=O) groups is 3. The van der Waals surface area contributed by atoms with E-state index in [2.05, 4.69) is 0 Å². The number of amides is 1. The lowest BCUT2D eigenvalue weighted by Crippen LogP contribution is -2.32. The zero-order chi connectivity index (χ0) is 20.7. The highest BCUT2D eigenvalue weighted by molar-refractivity contribution is 5.98. The van der Waals surface area contributed by atoms with Crippen LogP contribution in [0.15, 0.2) is 48.5 Å². The number of nitrogens with zero attached hydrogens (tertiary/aromatic N) is 1. The highest BCUT2D eigenvalue weighted by Gasteiger charge is 2.22. The number of ether oxygens (including phenoxy) is 1. The van der Waals surface area contributed by atoms with Gasteiger partial charge in [0.1, 0.15) is 11.6 Å². The molecule has 0 aliphatic carbocycles. The second-order valence-electron chi connectivity index (χ2n) is 6.49. The second kappa shape index (κ2) is 9.73. The Morgan fingerprint density at radius 3 is 2.32 bits per heavy atom. The molecule has 0 N–H and O–H groups in total. The molecule has 0 saturated heterocycles. The van der Waals surface area contributed by atoms with Crippen LogP contribution in [0, 0.1) is 17.6 Å². The van der Waals surface area contributed by atoms with E-state index in [-0.39, 0.29) is 24.3 Å². The molecular weight excluding hydrogens is 368 g/mol. The summed E-state index contributed by atoms with van der Waals surface area (Å²) in [5.41, 5.74) is 0.643. The van der Waals surface area contributed by atoms with Crippen LogP contribution >= 0.6 is 0 Å². The van der Waals surface area contributed by atoms with Crippen LogP contribution in [0.1, 0.15) is 29.3 Å². The van der Waals surface area contributed by atoms with Gasteiger partial charge in [-0.25, -0.2) is 8.78 Å². The summed E-state index contributed by atoms with van der Waals surface area (Å²) < 4.78 is 31.5. The zero-order valence-corrected chi connectivity index (χ0v) is 15.7. The summed E-state index contributed by atoms with van der Waals surface area (Å²) in [6, 6.07) is 11.2. The van der Waals surface area contributed by atoms with Crippen molar-refractivity contribution in [2.24, 2.45) is 5.92 Å². The maximum Gasteiger partial charge on any atom is 0.309 e. The Kier molecular flexibility index (Phi) is 7.37. The van der Waals surface area contributed by atoms with Gasteiger partial charge in [-0.2, -0.15) is 0 Å². The molecule has 2 aromatic rings. The fourth-order valence-corrected chi connectivity index (χ4v) is 2.50. The van der Waals surface area contributed by atoms with Crippen molar-refractivity contribution in [3.8, 4) is 0 Å². The minimum Gasteiger partial charge on any atom is -0.455 e. The van der Waals surface area contributed by atoms with Gasteiger partial charge >= 0.3 is 5.97 Å². The molecule has 28 heavy (non-hydrogen) atoms. The van der Waals surface area contributed by atoms with Gasteiger partial charge in [-0.05, 0) is 29.8 Å². The van der Waals surface area contributed by atoms with E-state index in [1.54, 1.807) is 12.1 Å². The van der Waals surface area contributed by atoms with Crippen LogP contribution in [0.25, 0.3) is 0 Å². The number of benzene rings is 2. The third-order valence-corrected chi connectivity index (χ3v) is 4.16. The maximum absolute atomic E-state index is 13.6. The summed E-state index contributed by atoms with van der Waals surface area (Å²) in [4.78, 5) is 37.6. The molecule has 0 aliphatic heterocycles. The van der Waals surface area contributed by atoms with Gasteiger partial charge in [-0.3, -0.25) is 14.4 Å². The molecule has 0 radical (unpaired) electrons. The fourth-order valence-electron chi connectivity index (χ4n) is 2.50. The minimum atomic E-state index is -0.817. The first-order chi connectivity index (χ1) is 13.3. The molecule has 0 fully saturated rings. The van der Waals surface area contributed by atoms with Crippen LogP contribution < -0.4 is 0 Å². The van der Waals surface area contributed by atoms with Crippen LogP contribution in [-0.4, -0.2) is 36.2 Å². The SMILES string of the molecule is C[C@@H](CC(=O)c1ccccc1F)C(=O)OCC(=O)N(C)Cc1ccc(F)cc1. The van der Waals surface area contributed by atoms with Crippen molar-refractivity contribution in [3.05, 3.63) is 71.3 Å². The largest absolute Gasteiger partial charge is 0.455 e. The number of hydrogen-bond acceptors (Lipinski definition) is 4.